The van der Waals surface area contributed by atoms with Crippen LogP contribution < -0.4 is 10.6 Å². The van der Waals surface area contributed by atoms with Crippen LogP contribution in [0.4, 0.5) is 4.39 Å². The van der Waals surface area contributed by atoms with Crippen LogP contribution in [-0.4, -0.2) is 30.5 Å². The first-order valence-electron chi connectivity index (χ1n) is 8.56. The molecule has 0 aliphatic carbocycles. The Bertz CT molecular complexity index is 656. The predicted molar refractivity (Wildman–Crippen MR) is 98.5 cm³/mol. The molecule has 0 saturated heterocycles. The number of benzene rings is 1. The van der Waals surface area contributed by atoms with E-state index in [1.165, 1.54) is 18.2 Å². The van der Waals surface area contributed by atoms with Crippen molar-refractivity contribution >= 4 is 12.0 Å². The van der Waals surface area contributed by atoms with Crippen molar-refractivity contribution in [3.05, 3.63) is 71.8 Å². The number of aryl methyl sites for hydroxylation is 1. The third kappa shape index (κ3) is 8.22. The topological polar surface area (TPSA) is 54.0 Å². The van der Waals surface area contributed by atoms with E-state index in [4.69, 9.17) is 0 Å². The number of amides is 1. The first-order valence-corrected chi connectivity index (χ1v) is 8.56. The van der Waals surface area contributed by atoms with Crippen molar-refractivity contribution in [3.8, 4) is 0 Å². The van der Waals surface area contributed by atoms with E-state index in [1.54, 1.807) is 18.2 Å². The van der Waals surface area contributed by atoms with Gasteiger partial charge in [-0.15, -0.1) is 0 Å². The maximum atomic E-state index is 12.8. The molecule has 0 bridgehead atoms. The van der Waals surface area contributed by atoms with Gasteiger partial charge in [0.2, 0.25) is 5.91 Å². The summed E-state index contributed by atoms with van der Waals surface area (Å²) in [7, 11) is 0. The number of halogens is 1. The molecule has 2 N–H and O–H groups in total. The second-order valence-electron chi connectivity index (χ2n) is 5.70. The van der Waals surface area contributed by atoms with Gasteiger partial charge in [0, 0.05) is 24.5 Å². The Morgan fingerprint density at radius 1 is 1.04 bits per heavy atom. The molecular weight excluding hydrogens is 317 g/mol. The Morgan fingerprint density at radius 2 is 1.84 bits per heavy atom. The minimum absolute atomic E-state index is 0.139. The number of pyridine rings is 1. The smallest absolute Gasteiger partial charge is 0.243 e. The summed E-state index contributed by atoms with van der Waals surface area (Å²) in [5.41, 5.74) is 1.91. The normalized spacial score (nSPS) is 10.9. The Labute approximate surface area is 148 Å². The number of hydrogen-bond acceptors (Lipinski definition) is 3. The lowest BCUT2D eigenvalue weighted by Gasteiger charge is -2.05. The number of nitrogens with one attached hydrogen (secondary N) is 2. The maximum Gasteiger partial charge on any atom is 0.243 e. The van der Waals surface area contributed by atoms with Crippen LogP contribution in [0, 0.1) is 5.82 Å². The van der Waals surface area contributed by atoms with Crippen LogP contribution >= 0.6 is 0 Å². The van der Waals surface area contributed by atoms with Crippen molar-refractivity contribution < 1.29 is 9.18 Å². The number of carbonyl (C=O) groups excluding carboxylic acids is 1. The van der Waals surface area contributed by atoms with Gasteiger partial charge in [-0.3, -0.25) is 9.78 Å². The summed E-state index contributed by atoms with van der Waals surface area (Å²) in [5.74, 6) is -0.423. The largest absolute Gasteiger partial charge is 0.353 e. The Balaban J connectivity index is 1.48. The van der Waals surface area contributed by atoms with Crippen LogP contribution in [0.5, 0.6) is 0 Å². The minimum atomic E-state index is -0.283. The second-order valence-corrected chi connectivity index (χ2v) is 5.70. The maximum absolute atomic E-state index is 12.8. The van der Waals surface area contributed by atoms with Crippen molar-refractivity contribution in [1.29, 1.82) is 0 Å². The molecule has 1 amide bonds. The zero-order valence-electron chi connectivity index (χ0n) is 14.2. The summed E-state index contributed by atoms with van der Waals surface area (Å²) in [6.45, 7) is 2.43. The molecule has 0 saturated carbocycles. The van der Waals surface area contributed by atoms with Gasteiger partial charge in [-0.1, -0.05) is 18.2 Å². The molecule has 0 atom stereocenters. The second kappa shape index (κ2) is 11.1. The van der Waals surface area contributed by atoms with Crippen molar-refractivity contribution in [3.63, 3.8) is 0 Å². The summed E-state index contributed by atoms with van der Waals surface area (Å²) in [4.78, 5) is 16.0. The molecule has 5 heteroatoms. The zero-order chi connectivity index (χ0) is 17.7. The van der Waals surface area contributed by atoms with Gasteiger partial charge in [-0.2, -0.15) is 0 Å². The zero-order valence-corrected chi connectivity index (χ0v) is 14.2. The number of carbonyl (C=O) groups is 1. The molecule has 0 aliphatic rings. The first kappa shape index (κ1) is 18.8. The third-order valence-electron chi connectivity index (χ3n) is 3.64. The monoisotopic (exact) mass is 341 g/mol. The van der Waals surface area contributed by atoms with E-state index in [-0.39, 0.29) is 11.7 Å². The Kier molecular flexibility index (Phi) is 8.35. The van der Waals surface area contributed by atoms with E-state index in [1.807, 2.05) is 24.4 Å². The molecule has 0 aliphatic heterocycles. The van der Waals surface area contributed by atoms with Crippen molar-refractivity contribution in [1.82, 2.24) is 15.6 Å². The fraction of sp³-hybridized carbons (Fsp3) is 0.300. The number of rotatable bonds is 10. The van der Waals surface area contributed by atoms with E-state index < -0.39 is 0 Å². The van der Waals surface area contributed by atoms with Crippen LogP contribution in [-0.2, 0) is 11.2 Å². The molecule has 0 unspecified atom stereocenters. The van der Waals surface area contributed by atoms with Crippen LogP contribution in [0.1, 0.15) is 24.1 Å². The average Bonchev–Trinajstić information content (AvgIpc) is 2.64. The molecule has 25 heavy (non-hydrogen) atoms. The molecule has 1 heterocycles. The van der Waals surface area contributed by atoms with Crippen LogP contribution in [0.25, 0.3) is 6.08 Å². The Hall–Kier alpha value is -2.53. The lowest BCUT2D eigenvalue weighted by Crippen LogP contribution is -2.26. The summed E-state index contributed by atoms with van der Waals surface area (Å²) in [6.07, 6.45) is 7.84. The van der Waals surface area contributed by atoms with E-state index in [0.29, 0.717) is 6.54 Å². The van der Waals surface area contributed by atoms with E-state index in [2.05, 4.69) is 15.6 Å². The summed E-state index contributed by atoms with van der Waals surface area (Å²) in [6, 6.07) is 12.0. The van der Waals surface area contributed by atoms with Crippen molar-refractivity contribution in [2.45, 2.75) is 19.3 Å². The molecule has 0 fully saturated rings. The molecule has 132 valence electrons. The molecule has 0 spiro atoms. The summed E-state index contributed by atoms with van der Waals surface area (Å²) >= 11 is 0. The highest BCUT2D eigenvalue weighted by molar-refractivity contribution is 5.91. The molecule has 4 nitrogen and oxygen atoms in total. The number of nitrogens with zero attached hydrogens (tertiary/aromatic N) is 1. The molecule has 2 aromatic rings. The number of hydrogen-bond donors (Lipinski definition) is 2. The molecule has 0 radical (unpaired) electrons. The fourth-order valence-electron chi connectivity index (χ4n) is 2.30. The van der Waals surface area contributed by atoms with Gasteiger partial charge in [0.1, 0.15) is 5.82 Å². The summed E-state index contributed by atoms with van der Waals surface area (Å²) in [5, 5.41) is 6.19. The fourth-order valence-corrected chi connectivity index (χ4v) is 2.30. The first-order chi connectivity index (χ1) is 12.2. The lowest BCUT2D eigenvalue weighted by atomic mass is 10.2. The van der Waals surface area contributed by atoms with E-state index in [9.17, 15) is 9.18 Å². The highest BCUT2D eigenvalue weighted by atomic mass is 19.1. The van der Waals surface area contributed by atoms with Crippen LogP contribution in [0.15, 0.2) is 54.7 Å². The SMILES string of the molecule is O=C(/C=C/c1ccc(F)cc1)NCCCNCCCc1ccccn1. The van der Waals surface area contributed by atoms with Gasteiger partial charge in [0.25, 0.3) is 0 Å². The van der Waals surface area contributed by atoms with Gasteiger partial charge >= 0.3 is 0 Å². The molecule has 1 aromatic carbocycles. The third-order valence-corrected chi connectivity index (χ3v) is 3.64. The van der Waals surface area contributed by atoms with Gasteiger partial charge in [0.05, 0.1) is 0 Å². The van der Waals surface area contributed by atoms with Crippen LogP contribution in [0.2, 0.25) is 0 Å². The molecule has 2 rings (SSSR count). The standard InChI is InChI=1S/C20H24FN3O/c21-18-10-7-17(8-11-18)9-12-20(25)24-16-4-14-22-13-3-6-19-5-1-2-15-23-19/h1-2,5,7-12,15,22H,3-4,6,13-14,16H2,(H,24,25)/b12-9+. The van der Waals surface area contributed by atoms with Crippen molar-refractivity contribution in [2.24, 2.45) is 0 Å². The lowest BCUT2D eigenvalue weighted by molar-refractivity contribution is -0.116. The number of aromatic nitrogens is 1. The van der Waals surface area contributed by atoms with Gasteiger partial charge in [-0.25, -0.2) is 4.39 Å². The average molecular weight is 341 g/mol. The van der Waals surface area contributed by atoms with Crippen molar-refractivity contribution in [2.75, 3.05) is 19.6 Å². The van der Waals surface area contributed by atoms with E-state index in [0.717, 1.165) is 43.6 Å². The quantitative estimate of drug-likeness (QED) is 0.516. The highest BCUT2D eigenvalue weighted by Crippen LogP contribution is 2.04. The summed E-state index contributed by atoms with van der Waals surface area (Å²) < 4.78 is 12.8. The molecular formula is C20H24FN3O. The van der Waals surface area contributed by atoms with Crippen LogP contribution in [0.3, 0.4) is 0 Å². The van der Waals surface area contributed by atoms with Gasteiger partial charge < -0.3 is 10.6 Å². The highest BCUT2D eigenvalue weighted by Gasteiger charge is 1.96. The van der Waals surface area contributed by atoms with Gasteiger partial charge in [0.15, 0.2) is 0 Å². The van der Waals surface area contributed by atoms with E-state index >= 15 is 0 Å². The predicted octanol–water partition coefficient (Wildman–Crippen LogP) is 2.96. The Morgan fingerprint density at radius 3 is 2.60 bits per heavy atom. The van der Waals surface area contributed by atoms with Gasteiger partial charge in [-0.05, 0) is 68.3 Å². The molecule has 1 aromatic heterocycles. The minimum Gasteiger partial charge on any atom is -0.353 e.